The molecule has 2 heterocycles. The summed E-state index contributed by atoms with van der Waals surface area (Å²) in [4.78, 5) is 26.0. The minimum atomic E-state index is -0.181. The highest BCUT2D eigenvalue weighted by Crippen LogP contribution is 2.28. The van der Waals surface area contributed by atoms with Crippen molar-refractivity contribution in [3.8, 4) is 11.1 Å². The van der Waals surface area contributed by atoms with E-state index in [0.717, 1.165) is 31.4 Å². The van der Waals surface area contributed by atoms with Crippen LogP contribution in [0.3, 0.4) is 0 Å². The number of hydrazone groups is 2. The Hall–Kier alpha value is -4.80. The number of carbonyl (C=O) groups excluding carboxylic acids is 2. The van der Waals surface area contributed by atoms with E-state index in [2.05, 4.69) is 52.7 Å². The highest BCUT2D eigenvalue weighted by molar-refractivity contribution is 9.10. The Bertz CT molecular complexity index is 1720. The van der Waals surface area contributed by atoms with E-state index in [1.54, 1.807) is 12.4 Å². The van der Waals surface area contributed by atoms with Crippen LogP contribution in [0.5, 0.6) is 0 Å². The number of amides is 2. The SMILES string of the molecule is CC1=NN(c2ccc(Br)cc2)C(=O)/C1=C\Nc1ccc(-c2ccc(N/C=C3/C(=O)N(c4ccc(Br)cc4)N=C3C)cc2)cc1. The molecule has 0 unspecified atom stereocenters. The Kier molecular flexibility index (Phi) is 8.28. The molecule has 4 aromatic rings. The van der Waals surface area contributed by atoms with Crippen LogP contribution in [0.15, 0.2) is 140 Å². The van der Waals surface area contributed by atoms with Gasteiger partial charge in [-0.1, -0.05) is 56.1 Å². The third-order valence-electron chi connectivity index (χ3n) is 7.14. The first-order valence-electron chi connectivity index (χ1n) is 13.7. The molecule has 2 N–H and O–H groups in total. The van der Waals surface area contributed by atoms with Crippen LogP contribution in [-0.4, -0.2) is 23.2 Å². The van der Waals surface area contributed by atoms with Crippen LogP contribution in [-0.2, 0) is 9.59 Å². The molecule has 4 aromatic carbocycles. The van der Waals surface area contributed by atoms with Crippen molar-refractivity contribution in [2.45, 2.75) is 13.8 Å². The summed E-state index contributed by atoms with van der Waals surface area (Å²) >= 11 is 6.83. The van der Waals surface area contributed by atoms with Crippen molar-refractivity contribution in [1.29, 1.82) is 0 Å². The third kappa shape index (κ3) is 6.13. The van der Waals surface area contributed by atoms with E-state index >= 15 is 0 Å². The molecule has 0 radical (unpaired) electrons. The number of hydrogen-bond donors (Lipinski definition) is 2. The number of carbonyl (C=O) groups is 2. The van der Waals surface area contributed by atoms with Gasteiger partial charge in [-0.25, -0.2) is 0 Å². The molecule has 0 saturated heterocycles. The number of nitrogens with one attached hydrogen (secondary N) is 2. The molecule has 10 heteroatoms. The van der Waals surface area contributed by atoms with Gasteiger partial charge in [0.1, 0.15) is 0 Å². The van der Waals surface area contributed by atoms with Crippen molar-refractivity contribution >= 4 is 77.8 Å². The molecule has 6 rings (SSSR count). The summed E-state index contributed by atoms with van der Waals surface area (Å²) in [5.74, 6) is -0.361. The van der Waals surface area contributed by atoms with Gasteiger partial charge in [0.05, 0.1) is 33.9 Å². The number of benzene rings is 4. The largest absolute Gasteiger partial charge is 0.361 e. The highest BCUT2D eigenvalue weighted by atomic mass is 79.9. The quantitative estimate of drug-likeness (QED) is 0.189. The molecule has 2 aliphatic rings. The van der Waals surface area contributed by atoms with Gasteiger partial charge in [-0.15, -0.1) is 0 Å². The van der Waals surface area contributed by atoms with Crippen LogP contribution >= 0.6 is 31.9 Å². The molecule has 0 saturated carbocycles. The van der Waals surface area contributed by atoms with E-state index in [9.17, 15) is 9.59 Å². The molecular weight excluding hydrogens is 684 g/mol. The number of halogens is 2. The molecular formula is C34H26Br2N6O2. The zero-order valence-corrected chi connectivity index (χ0v) is 26.9. The van der Waals surface area contributed by atoms with Gasteiger partial charge in [-0.3, -0.25) is 9.59 Å². The number of anilines is 4. The van der Waals surface area contributed by atoms with Crippen molar-refractivity contribution in [3.05, 3.63) is 130 Å². The highest BCUT2D eigenvalue weighted by Gasteiger charge is 2.29. The van der Waals surface area contributed by atoms with Crippen LogP contribution in [0.25, 0.3) is 11.1 Å². The molecule has 0 fully saturated rings. The summed E-state index contributed by atoms with van der Waals surface area (Å²) in [5.41, 5.74) is 7.53. The summed E-state index contributed by atoms with van der Waals surface area (Å²) < 4.78 is 1.87. The molecule has 44 heavy (non-hydrogen) atoms. The summed E-state index contributed by atoms with van der Waals surface area (Å²) in [6.45, 7) is 3.64. The number of nitrogens with zero attached hydrogens (tertiary/aromatic N) is 4. The fraction of sp³-hybridized carbons (Fsp3) is 0.0588. The van der Waals surface area contributed by atoms with Gasteiger partial charge in [0, 0.05) is 32.7 Å². The first-order valence-corrected chi connectivity index (χ1v) is 15.3. The van der Waals surface area contributed by atoms with E-state index in [4.69, 9.17) is 0 Å². The van der Waals surface area contributed by atoms with Crippen molar-refractivity contribution in [2.75, 3.05) is 20.7 Å². The van der Waals surface area contributed by atoms with Crippen LogP contribution < -0.4 is 20.7 Å². The van der Waals surface area contributed by atoms with Crippen LogP contribution in [0.4, 0.5) is 22.7 Å². The third-order valence-corrected chi connectivity index (χ3v) is 8.19. The first-order chi connectivity index (χ1) is 21.3. The topological polar surface area (TPSA) is 89.4 Å². The Morgan fingerprint density at radius 2 is 0.886 bits per heavy atom. The molecule has 0 spiro atoms. The van der Waals surface area contributed by atoms with Gasteiger partial charge in [0.2, 0.25) is 0 Å². The molecule has 0 aromatic heterocycles. The fourth-order valence-corrected chi connectivity index (χ4v) is 5.24. The van der Waals surface area contributed by atoms with Gasteiger partial charge in [0.25, 0.3) is 11.8 Å². The lowest BCUT2D eigenvalue weighted by Crippen LogP contribution is -2.21. The lowest BCUT2D eigenvalue weighted by atomic mass is 10.0. The predicted octanol–water partition coefficient (Wildman–Crippen LogP) is 8.32. The predicted molar refractivity (Wildman–Crippen MR) is 185 cm³/mol. The molecule has 218 valence electrons. The number of hydrogen-bond acceptors (Lipinski definition) is 6. The summed E-state index contributed by atoms with van der Waals surface area (Å²) in [7, 11) is 0. The minimum absolute atomic E-state index is 0.181. The minimum Gasteiger partial charge on any atom is -0.361 e. The maximum absolute atomic E-state index is 13.0. The maximum Gasteiger partial charge on any atom is 0.282 e. The zero-order valence-electron chi connectivity index (χ0n) is 23.8. The summed E-state index contributed by atoms with van der Waals surface area (Å²) in [6.07, 6.45) is 3.40. The molecule has 0 bridgehead atoms. The average Bonchev–Trinajstić information content (AvgIpc) is 3.48. The van der Waals surface area contributed by atoms with Crippen LogP contribution in [0, 0.1) is 0 Å². The van der Waals surface area contributed by atoms with E-state index in [1.807, 2.05) is 111 Å². The van der Waals surface area contributed by atoms with Gasteiger partial charge >= 0.3 is 0 Å². The monoisotopic (exact) mass is 708 g/mol. The van der Waals surface area contributed by atoms with Gasteiger partial charge in [-0.2, -0.15) is 20.2 Å². The van der Waals surface area contributed by atoms with Gasteiger partial charge in [-0.05, 0) is 97.8 Å². The second kappa shape index (κ2) is 12.4. The lowest BCUT2D eigenvalue weighted by Gasteiger charge is -2.12. The number of rotatable bonds is 7. The molecule has 0 aliphatic carbocycles. The van der Waals surface area contributed by atoms with Crippen LogP contribution in [0.2, 0.25) is 0 Å². The molecule has 0 atom stereocenters. The maximum atomic E-state index is 13.0. The zero-order chi connectivity index (χ0) is 30.8. The second-order valence-corrected chi connectivity index (χ2v) is 11.9. The van der Waals surface area contributed by atoms with E-state index in [-0.39, 0.29) is 11.8 Å². The van der Waals surface area contributed by atoms with Crippen molar-refractivity contribution in [3.63, 3.8) is 0 Å². The Balaban J connectivity index is 1.08. The lowest BCUT2D eigenvalue weighted by molar-refractivity contribution is -0.115. The summed E-state index contributed by atoms with van der Waals surface area (Å²) in [5, 5.41) is 18.1. The van der Waals surface area contributed by atoms with Gasteiger partial charge < -0.3 is 10.6 Å². The Morgan fingerprint density at radius 1 is 0.545 bits per heavy atom. The second-order valence-electron chi connectivity index (χ2n) is 10.1. The smallest absolute Gasteiger partial charge is 0.282 e. The average molecular weight is 710 g/mol. The molecule has 2 aliphatic heterocycles. The van der Waals surface area contributed by atoms with Crippen LogP contribution in [0.1, 0.15) is 13.8 Å². The summed E-state index contributed by atoms with van der Waals surface area (Å²) in [6, 6.07) is 30.8. The van der Waals surface area contributed by atoms with E-state index in [1.165, 1.54) is 10.0 Å². The van der Waals surface area contributed by atoms with Gasteiger partial charge in [0.15, 0.2) is 0 Å². The van der Waals surface area contributed by atoms with Crippen molar-refractivity contribution < 1.29 is 9.59 Å². The Labute approximate surface area is 271 Å². The Morgan fingerprint density at radius 3 is 1.23 bits per heavy atom. The first kappa shape index (κ1) is 29.3. The van der Waals surface area contributed by atoms with E-state index in [0.29, 0.717) is 33.9 Å². The normalized spacial score (nSPS) is 16.5. The van der Waals surface area contributed by atoms with Crippen molar-refractivity contribution in [1.82, 2.24) is 0 Å². The van der Waals surface area contributed by atoms with Crippen molar-refractivity contribution in [2.24, 2.45) is 10.2 Å². The standard InChI is InChI=1S/C34H26Br2N6O2/c1-21-31(33(43)41(39-21)29-15-7-25(35)8-16-29)19-37-27-11-3-23(4-12-27)24-5-13-28(14-6-24)38-20-32-22(2)40-42(34(32)44)30-17-9-26(36)10-18-30/h3-20,37-38H,1-2H3/b31-19-,32-20+. The molecule has 2 amide bonds. The fourth-order valence-electron chi connectivity index (χ4n) is 4.71. The van der Waals surface area contributed by atoms with E-state index < -0.39 is 0 Å². The molecule has 8 nitrogen and oxygen atoms in total.